The van der Waals surface area contributed by atoms with Crippen molar-refractivity contribution in [2.24, 2.45) is 14.1 Å². The van der Waals surface area contributed by atoms with E-state index in [1.165, 1.54) is 24.0 Å². The third-order valence-corrected chi connectivity index (χ3v) is 8.52. The van der Waals surface area contributed by atoms with Crippen LogP contribution in [-0.4, -0.2) is 48.5 Å². The van der Waals surface area contributed by atoms with Crippen LogP contribution in [0.3, 0.4) is 0 Å². The summed E-state index contributed by atoms with van der Waals surface area (Å²) >= 11 is 6.66. The lowest BCUT2D eigenvalue weighted by molar-refractivity contribution is -0.138. The van der Waals surface area contributed by atoms with Crippen molar-refractivity contribution in [2.75, 3.05) is 11.9 Å². The third-order valence-electron chi connectivity index (χ3n) is 6.45. The summed E-state index contributed by atoms with van der Waals surface area (Å²) in [5, 5.41) is 7.93. The van der Waals surface area contributed by atoms with Crippen molar-refractivity contribution in [2.45, 2.75) is 38.6 Å². The van der Waals surface area contributed by atoms with Crippen LogP contribution in [0, 0.1) is 0 Å². The minimum atomic E-state index is -4.64. The first-order chi connectivity index (χ1) is 19.7. The molecule has 5 heterocycles. The summed E-state index contributed by atoms with van der Waals surface area (Å²) in [6.45, 7) is 7.81. The van der Waals surface area contributed by atoms with Crippen LogP contribution in [-0.2, 0) is 31.7 Å². The lowest BCUT2D eigenvalue weighted by Crippen LogP contribution is -2.23. The van der Waals surface area contributed by atoms with Gasteiger partial charge in [-0.05, 0) is 18.2 Å². The van der Waals surface area contributed by atoms with Gasteiger partial charge in [0.05, 0.1) is 24.2 Å². The monoisotopic (exact) mass is 620 g/mol. The van der Waals surface area contributed by atoms with Gasteiger partial charge < -0.3 is 23.9 Å². The van der Waals surface area contributed by atoms with E-state index in [2.05, 4.69) is 45.0 Å². The normalized spacial score (nSPS) is 12.4. The van der Waals surface area contributed by atoms with Gasteiger partial charge in [-0.3, -0.25) is 4.79 Å². The molecular weight excluding hydrogens is 593 g/mol. The maximum Gasteiger partial charge on any atom is 0.417 e. The Balaban J connectivity index is 1.37. The molecule has 0 aliphatic heterocycles. The number of alkyl halides is 3. The summed E-state index contributed by atoms with van der Waals surface area (Å²) in [4.78, 5) is 25.6. The number of rotatable bonds is 9. The van der Waals surface area contributed by atoms with Gasteiger partial charge in [0.1, 0.15) is 28.7 Å². The number of ether oxygens (including phenoxy) is 2. The second-order valence-corrected chi connectivity index (χ2v) is 17.0. The van der Waals surface area contributed by atoms with E-state index in [1.807, 2.05) is 0 Å². The van der Waals surface area contributed by atoms with Gasteiger partial charge in [-0.1, -0.05) is 31.2 Å². The average molecular weight is 621 g/mol. The molecular formula is C26H28ClF3N8O3Si. The quantitative estimate of drug-likeness (QED) is 0.159. The Hall–Kier alpha value is -3.95. The topological polar surface area (TPSA) is 114 Å². The molecule has 0 atom stereocenters. The van der Waals surface area contributed by atoms with Crippen LogP contribution in [0.15, 0.2) is 41.7 Å². The smallest absolute Gasteiger partial charge is 0.417 e. The molecule has 0 saturated heterocycles. The average Bonchev–Trinajstić information content (AvgIpc) is 3.45. The molecule has 0 aromatic carbocycles. The summed E-state index contributed by atoms with van der Waals surface area (Å²) in [5.74, 6) is 0.658. The standard InChI is InChI=1S/C26H28ClF3N8O3Si/c1-36-13-16(26(28,29)30)9-18(24(36)39)34-25-35-22-21(37(25)2)20(27)19(12-31-22)41-17-8-15-10-33-38(23(15)32-11-17)14-40-6-7-42(3,4)5/h8-13H,6-7,14H2,1-5H3,(H,31,34,35). The summed E-state index contributed by atoms with van der Waals surface area (Å²) in [5.41, 5.74) is -0.772. The molecule has 0 aliphatic rings. The van der Waals surface area contributed by atoms with Gasteiger partial charge in [-0.2, -0.15) is 23.3 Å². The molecule has 0 radical (unpaired) electrons. The fraction of sp³-hybridized carbons (Fsp3) is 0.346. The lowest BCUT2D eigenvalue weighted by atomic mass is 10.2. The van der Waals surface area contributed by atoms with Gasteiger partial charge in [0.2, 0.25) is 5.95 Å². The van der Waals surface area contributed by atoms with Crippen LogP contribution in [0.5, 0.6) is 11.5 Å². The van der Waals surface area contributed by atoms with E-state index >= 15 is 0 Å². The van der Waals surface area contributed by atoms with E-state index in [0.29, 0.717) is 23.5 Å². The van der Waals surface area contributed by atoms with Crippen LogP contribution in [0.4, 0.5) is 24.8 Å². The Morgan fingerprint density at radius 2 is 1.86 bits per heavy atom. The zero-order valence-corrected chi connectivity index (χ0v) is 25.2. The number of pyridine rings is 3. The number of hydrogen-bond donors (Lipinski definition) is 1. The zero-order chi connectivity index (χ0) is 30.4. The second-order valence-electron chi connectivity index (χ2n) is 11.0. The molecule has 5 aromatic heterocycles. The highest BCUT2D eigenvalue weighted by Gasteiger charge is 2.32. The third kappa shape index (κ3) is 6.12. The Kier molecular flexibility index (Phi) is 7.76. The first-order valence-electron chi connectivity index (χ1n) is 12.8. The van der Waals surface area contributed by atoms with Gasteiger partial charge in [0.15, 0.2) is 17.0 Å². The molecule has 0 spiro atoms. The Morgan fingerprint density at radius 3 is 2.57 bits per heavy atom. The van der Waals surface area contributed by atoms with Gasteiger partial charge in [0, 0.05) is 40.4 Å². The highest BCUT2D eigenvalue weighted by atomic mass is 35.5. The van der Waals surface area contributed by atoms with Crippen LogP contribution >= 0.6 is 11.6 Å². The number of aromatic nitrogens is 7. The Labute approximate surface area is 243 Å². The summed E-state index contributed by atoms with van der Waals surface area (Å²) in [6, 6.07) is 3.54. The van der Waals surface area contributed by atoms with Crippen LogP contribution in [0.2, 0.25) is 30.7 Å². The molecule has 16 heteroatoms. The Morgan fingerprint density at radius 1 is 1.10 bits per heavy atom. The zero-order valence-electron chi connectivity index (χ0n) is 23.5. The van der Waals surface area contributed by atoms with Crippen LogP contribution in [0.1, 0.15) is 5.56 Å². The van der Waals surface area contributed by atoms with Crippen molar-refractivity contribution in [1.82, 2.24) is 33.9 Å². The van der Waals surface area contributed by atoms with Gasteiger partial charge in [-0.25, -0.2) is 14.6 Å². The first kappa shape index (κ1) is 29.5. The van der Waals surface area contributed by atoms with Crippen molar-refractivity contribution in [3.63, 3.8) is 0 Å². The number of imidazole rings is 1. The number of anilines is 2. The lowest BCUT2D eigenvalue weighted by Gasteiger charge is -2.15. The number of aryl methyl sites for hydroxylation is 2. The second kappa shape index (κ2) is 11.0. The predicted molar refractivity (Wildman–Crippen MR) is 155 cm³/mol. The molecule has 222 valence electrons. The van der Waals surface area contributed by atoms with E-state index in [9.17, 15) is 18.0 Å². The maximum atomic E-state index is 13.3. The molecule has 0 aliphatic carbocycles. The van der Waals surface area contributed by atoms with Crippen molar-refractivity contribution < 1.29 is 22.6 Å². The molecule has 1 N–H and O–H groups in total. The molecule has 0 unspecified atom stereocenters. The van der Waals surface area contributed by atoms with E-state index in [1.54, 1.807) is 24.0 Å². The summed E-state index contributed by atoms with van der Waals surface area (Å²) in [7, 11) is 1.63. The van der Waals surface area contributed by atoms with Crippen LogP contribution in [0.25, 0.3) is 22.2 Å². The number of halogens is 4. The molecule has 0 saturated carbocycles. The number of nitrogens with one attached hydrogen (secondary N) is 1. The van der Waals surface area contributed by atoms with Crippen molar-refractivity contribution in [3.05, 3.63) is 57.9 Å². The van der Waals surface area contributed by atoms with Gasteiger partial charge >= 0.3 is 6.18 Å². The Bertz CT molecular complexity index is 1850. The van der Waals surface area contributed by atoms with Gasteiger partial charge in [-0.15, -0.1) is 0 Å². The minimum Gasteiger partial charge on any atom is -0.452 e. The molecule has 0 fully saturated rings. The van der Waals surface area contributed by atoms with Crippen molar-refractivity contribution >= 4 is 53.5 Å². The maximum absolute atomic E-state index is 13.3. The van der Waals surface area contributed by atoms with E-state index in [0.717, 1.165) is 28.3 Å². The molecule has 11 nitrogen and oxygen atoms in total. The number of nitrogens with zero attached hydrogens (tertiary/aromatic N) is 7. The largest absolute Gasteiger partial charge is 0.452 e. The van der Waals surface area contributed by atoms with E-state index < -0.39 is 25.4 Å². The molecule has 5 rings (SSSR count). The van der Waals surface area contributed by atoms with Gasteiger partial charge in [0.25, 0.3) is 5.56 Å². The first-order valence-corrected chi connectivity index (χ1v) is 16.9. The predicted octanol–water partition coefficient (Wildman–Crippen LogP) is 5.93. The SMILES string of the molecule is Cn1cc(C(F)(F)F)cc(Nc2nc3ncc(Oc4cnc5c(cnn5COCC[Si](C)(C)C)c4)c(Cl)c3n2C)c1=O. The fourth-order valence-corrected chi connectivity index (χ4v) is 5.19. The van der Waals surface area contributed by atoms with Crippen LogP contribution < -0.4 is 15.6 Å². The highest BCUT2D eigenvalue weighted by Crippen LogP contribution is 2.36. The molecule has 42 heavy (non-hydrogen) atoms. The molecule has 0 bridgehead atoms. The number of hydrogen-bond acceptors (Lipinski definition) is 8. The highest BCUT2D eigenvalue weighted by molar-refractivity contribution is 6.76. The number of fused-ring (bicyclic) bond motifs is 2. The molecule has 0 amide bonds. The fourth-order valence-electron chi connectivity index (χ4n) is 4.13. The van der Waals surface area contributed by atoms with E-state index in [-0.39, 0.29) is 34.8 Å². The van der Waals surface area contributed by atoms with Crippen molar-refractivity contribution in [3.8, 4) is 11.5 Å². The summed E-state index contributed by atoms with van der Waals surface area (Å²) < 4.78 is 55.7. The van der Waals surface area contributed by atoms with Crippen molar-refractivity contribution in [1.29, 1.82) is 0 Å². The van der Waals surface area contributed by atoms with E-state index in [4.69, 9.17) is 21.1 Å². The summed E-state index contributed by atoms with van der Waals surface area (Å²) in [6.07, 6.45) is 0.665. The minimum absolute atomic E-state index is 0.0653. The molecule has 5 aromatic rings.